The summed E-state index contributed by atoms with van der Waals surface area (Å²) in [6.45, 7) is -1.01. The van der Waals surface area contributed by atoms with E-state index < -0.39 is 36.0 Å². The van der Waals surface area contributed by atoms with Gasteiger partial charge in [0.05, 0.1) is 18.7 Å². The van der Waals surface area contributed by atoms with Gasteiger partial charge in [0.15, 0.2) is 11.5 Å². The third-order valence-corrected chi connectivity index (χ3v) is 3.76. The maximum absolute atomic E-state index is 13.8. The zero-order valence-corrected chi connectivity index (χ0v) is 12.2. The monoisotopic (exact) mass is 344 g/mol. The number of halogens is 4. The van der Waals surface area contributed by atoms with E-state index in [0.29, 0.717) is 0 Å². The molecule has 1 aromatic heterocycles. The van der Waals surface area contributed by atoms with Gasteiger partial charge in [-0.1, -0.05) is 6.07 Å². The lowest BCUT2D eigenvalue weighted by Gasteiger charge is -2.33. The normalized spacial score (nSPS) is 18.8. The molecule has 3 rings (SSSR count). The number of rotatable bonds is 1. The van der Waals surface area contributed by atoms with Crippen LogP contribution >= 0.6 is 0 Å². The van der Waals surface area contributed by atoms with Crippen LogP contribution in [0.5, 0.6) is 0 Å². The van der Waals surface area contributed by atoms with Crippen LogP contribution in [-0.4, -0.2) is 47.8 Å². The second-order valence-corrected chi connectivity index (χ2v) is 5.36. The quantitative estimate of drug-likeness (QED) is 0.806. The van der Waals surface area contributed by atoms with Crippen molar-refractivity contribution in [1.82, 2.24) is 9.88 Å². The number of nitrogens with one attached hydrogen (secondary N) is 1. The fraction of sp³-hybridized carbons (Fsp3) is 0.333. The minimum absolute atomic E-state index is 0.0528. The number of H-pyrrole nitrogens is 1. The maximum atomic E-state index is 13.8. The van der Waals surface area contributed by atoms with Crippen LogP contribution in [0.1, 0.15) is 10.5 Å². The molecule has 1 unspecified atom stereocenters. The van der Waals surface area contributed by atoms with Crippen LogP contribution in [0.3, 0.4) is 0 Å². The third-order valence-electron chi connectivity index (χ3n) is 3.76. The average Bonchev–Trinajstić information content (AvgIpc) is 2.54. The van der Waals surface area contributed by atoms with E-state index in [-0.39, 0.29) is 29.7 Å². The number of aromatic amines is 1. The highest BCUT2D eigenvalue weighted by atomic mass is 19.4. The molecule has 2 heterocycles. The van der Waals surface area contributed by atoms with E-state index in [1.54, 1.807) is 0 Å². The highest BCUT2D eigenvalue weighted by molar-refractivity contribution is 5.95. The SMILES string of the molecule is O=C(c1cc(=O)c2cccc(F)c2[nH]1)N1CCOC(C(F)(F)F)C1. The molecule has 1 amide bonds. The zero-order chi connectivity index (χ0) is 17.5. The average molecular weight is 344 g/mol. The Hall–Kier alpha value is -2.42. The summed E-state index contributed by atoms with van der Waals surface area (Å²) >= 11 is 0. The van der Waals surface area contributed by atoms with Crippen molar-refractivity contribution < 1.29 is 27.1 Å². The van der Waals surface area contributed by atoms with Crippen molar-refractivity contribution in [2.75, 3.05) is 19.7 Å². The molecule has 1 fully saturated rings. The van der Waals surface area contributed by atoms with E-state index in [1.807, 2.05) is 0 Å². The molecule has 2 aromatic rings. The summed E-state index contributed by atoms with van der Waals surface area (Å²) in [5.74, 6) is -1.54. The molecule has 9 heteroatoms. The minimum Gasteiger partial charge on any atom is -0.365 e. The number of hydrogen-bond donors (Lipinski definition) is 1. The molecule has 24 heavy (non-hydrogen) atoms. The first-order valence-corrected chi connectivity index (χ1v) is 7.06. The molecule has 0 radical (unpaired) electrons. The summed E-state index contributed by atoms with van der Waals surface area (Å²) in [7, 11) is 0. The van der Waals surface area contributed by atoms with E-state index in [2.05, 4.69) is 9.72 Å². The van der Waals surface area contributed by atoms with Gasteiger partial charge in [-0.05, 0) is 12.1 Å². The van der Waals surface area contributed by atoms with Crippen molar-refractivity contribution in [2.45, 2.75) is 12.3 Å². The number of nitrogens with zero attached hydrogens (tertiary/aromatic N) is 1. The van der Waals surface area contributed by atoms with E-state index in [9.17, 15) is 27.2 Å². The predicted molar refractivity (Wildman–Crippen MR) is 76.2 cm³/mol. The van der Waals surface area contributed by atoms with Crippen molar-refractivity contribution in [3.8, 4) is 0 Å². The summed E-state index contributed by atoms with van der Waals surface area (Å²) in [4.78, 5) is 27.8. The second kappa shape index (κ2) is 5.90. The van der Waals surface area contributed by atoms with Crippen LogP contribution < -0.4 is 5.43 Å². The summed E-state index contributed by atoms with van der Waals surface area (Å²) in [5.41, 5.74) is -1.01. The molecule has 0 bridgehead atoms. The topological polar surface area (TPSA) is 62.4 Å². The van der Waals surface area contributed by atoms with Crippen molar-refractivity contribution >= 4 is 16.8 Å². The number of morpholine rings is 1. The molecule has 0 spiro atoms. The van der Waals surface area contributed by atoms with Crippen molar-refractivity contribution in [2.24, 2.45) is 0 Å². The van der Waals surface area contributed by atoms with E-state index >= 15 is 0 Å². The van der Waals surface area contributed by atoms with Gasteiger partial charge in [-0.3, -0.25) is 9.59 Å². The fourth-order valence-electron chi connectivity index (χ4n) is 2.55. The highest BCUT2D eigenvalue weighted by Gasteiger charge is 2.44. The predicted octanol–water partition coefficient (Wildman–Crippen LogP) is 2.07. The maximum Gasteiger partial charge on any atom is 0.416 e. The summed E-state index contributed by atoms with van der Waals surface area (Å²) in [6, 6.07) is 4.81. The van der Waals surface area contributed by atoms with Crippen LogP contribution in [0.4, 0.5) is 17.6 Å². The number of fused-ring (bicyclic) bond motifs is 1. The van der Waals surface area contributed by atoms with Crippen molar-refractivity contribution in [3.63, 3.8) is 0 Å². The van der Waals surface area contributed by atoms with E-state index in [4.69, 9.17) is 0 Å². The van der Waals surface area contributed by atoms with Crippen LogP contribution in [0, 0.1) is 5.82 Å². The fourth-order valence-corrected chi connectivity index (χ4v) is 2.55. The van der Waals surface area contributed by atoms with Gasteiger partial charge in [-0.2, -0.15) is 13.2 Å². The van der Waals surface area contributed by atoms with Crippen LogP contribution in [0.15, 0.2) is 29.1 Å². The van der Waals surface area contributed by atoms with Gasteiger partial charge in [0.25, 0.3) is 5.91 Å². The van der Waals surface area contributed by atoms with Gasteiger partial charge in [-0.25, -0.2) is 4.39 Å². The molecule has 1 N–H and O–H groups in total. The van der Waals surface area contributed by atoms with Crippen LogP contribution in [0.2, 0.25) is 0 Å². The summed E-state index contributed by atoms with van der Waals surface area (Å²) in [5, 5.41) is 0.0571. The number of carbonyl (C=O) groups excluding carboxylic acids is 1. The number of aromatic nitrogens is 1. The van der Waals surface area contributed by atoms with Gasteiger partial charge in [-0.15, -0.1) is 0 Å². The molecule has 0 saturated carbocycles. The number of hydrogen-bond acceptors (Lipinski definition) is 3. The van der Waals surface area contributed by atoms with E-state index in [0.717, 1.165) is 17.0 Å². The number of carbonyl (C=O) groups is 1. The number of ether oxygens (including phenoxy) is 1. The van der Waals surface area contributed by atoms with Crippen molar-refractivity contribution in [3.05, 3.63) is 46.0 Å². The number of para-hydroxylation sites is 1. The Labute approximate surface area is 132 Å². The lowest BCUT2D eigenvalue weighted by molar-refractivity contribution is -0.233. The Balaban J connectivity index is 1.94. The van der Waals surface area contributed by atoms with E-state index in [1.165, 1.54) is 12.1 Å². The molecular weight excluding hydrogens is 332 g/mol. The van der Waals surface area contributed by atoms with Gasteiger partial charge < -0.3 is 14.6 Å². The number of pyridine rings is 1. The number of benzene rings is 1. The molecule has 1 aliphatic heterocycles. The lowest BCUT2D eigenvalue weighted by atomic mass is 10.1. The number of alkyl halides is 3. The first kappa shape index (κ1) is 16.4. The van der Waals surface area contributed by atoms with Crippen molar-refractivity contribution in [1.29, 1.82) is 0 Å². The summed E-state index contributed by atoms with van der Waals surface area (Å²) in [6.07, 6.45) is -6.68. The largest absolute Gasteiger partial charge is 0.416 e. The Morgan fingerprint density at radius 3 is 2.79 bits per heavy atom. The Morgan fingerprint density at radius 1 is 1.33 bits per heavy atom. The zero-order valence-electron chi connectivity index (χ0n) is 12.2. The van der Waals surface area contributed by atoms with Gasteiger partial charge in [0.2, 0.25) is 0 Å². The minimum atomic E-state index is -4.60. The summed E-state index contributed by atoms with van der Waals surface area (Å²) < 4.78 is 56.6. The molecule has 5 nitrogen and oxygen atoms in total. The first-order valence-electron chi connectivity index (χ1n) is 7.06. The molecule has 0 aliphatic carbocycles. The molecule has 1 atom stereocenters. The Bertz CT molecular complexity index is 847. The van der Waals surface area contributed by atoms with Gasteiger partial charge in [0, 0.05) is 18.0 Å². The first-order chi connectivity index (χ1) is 11.3. The molecular formula is C15H12F4N2O3. The lowest BCUT2D eigenvalue weighted by Crippen LogP contribution is -2.51. The smallest absolute Gasteiger partial charge is 0.365 e. The van der Waals surface area contributed by atoms with Crippen LogP contribution in [-0.2, 0) is 4.74 Å². The molecule has 1 aromatic carbocycles. The highest BCUT2D eigenvalue weighted by Crippen LogP contribution is 2.26. The molecule has 128 valence electrons. The second-order valence-electron chi connectivity index (χ2n) is 5.36. The standard InChI is InChI=1S/C15H12F4N2O3/c16-9-3-1-2-8-11(22)6-10(20-13(8)9)14(23)21-4-5-24-12(7-21)15(17,18)19/h1-3,6,12H,4-5,7H2,(H,20,22). The number of amides is 1. The van der Waals surface area contributed by atoms with Gasteiger partial charge >= 0.3 is 6.18 Å². The van der Waals surface area contributed by atoms with Gasteiger partial charge in [0.1, 0.15) is 11.5 Å². The van der Waals surface area contributed by atoms with Crippen LogP contribution in [0.25, 0.3) is 10.9 Å². The molecule has 1 saturated heterocycles. The molecule has 1 aliphatic rings. The third kappa shape index (κ3) is 2.99. The Kier molecular flexibility index (Phi) is 4.04. The Morgan fingerprint density at radius 2 is 2.08 bits per heavy atom.